The van der Waals surface area contributed by atoms with Crippen LogP contribution in [0.15, 0.2) is 18.3 Å². The molecular formula is C34H49N5O4Si. The number of carbonyl (C=O) groups is 2. The van der Waals surface area contributed by atoms with E-state index in [1.165, 1.54) is 11.1 Å². The summed E-state index contributed by atoms with van der Waals surface area (Å²) in [4.78, 5) is 35.2. The van der Waals surface area contributed by atoms with Crippen molar-refractivity contribution in [2.24, 2.45) is 0 Å². The topological polar surface area (TPSA) is 92.7 Å². The highest BCUT2D eigenvalue weighted by Crippen LogP contribution is 2.50. The van der Waals surface area contributed by atoms with E-state index in [1.807, 2.05) is 9.58 Å². The highest BCUT2D eigenvalue weighted by Gasteiger charge is 2.50. The van der Waals surface area contributed by atoms with Gasteiger partial charge in [-0.1, -0.05) is 46.3 Å². The van der Waals surface area contributed by atoms with E-state index in [4.69, 9.17) is 14.6 Å². The first-order chi connectivity index (χ1) is 21.1. The van der Waals surface area contributed by atoms with Crippen molar-refractivity contribution < 1.29 is 19.1 Å². The van der Waals surface area contributed by atoms with Crippen LogP contribution in [-0.4, -0.2) is 79.0 Å². The Balaban J connectivity index is 1.38. The van der Waals surface area contributed by atoms with Gasteiger partial charge in [0.1, 0.15) is 19.0 Å². The molecule has 2 amide bonds. The Morgan fingerprint density at radius 3 is 2.57 bits per heavy atom. The summed E-state index contributed by atoms with van der Waals surface area (Å²) in [6.45, 7) is 14.9. The molecule has 0 spiro atoms. The number of amides is 2. The van der Waals surface area contributed by atoms with Crippen molar-refractivity contribution in [1.29, 1.82) is 0 Å². The molecule has 3 aromatic rings. The molecule has 0 unspecified atom stereocenters. The Labute approximate surface area is 262 Å². The Bertz CT molecular complexity index is 1520. The van der Waals surface area contributed by atoms with E-state index >= 15 is 0 Å². The van der Waals surface area contributed by atoms with Crippen LogP contribution in [0.25, 0.3) is 22.3 Å². The minimum Gasteiger partial charge on any atom is -0.378 e. The fourth-order valence-electron chi connectivity index (χ4n) is 7.42. The van der Waals surface area contributed by atoms with Crippen molar-refractivity contribution in [3.8, 4) is 11.4 Å². The molecule has 0 bridgehead atoms. The SMILES string of the molecule is CCCC1(CCC)C(=O)N(CC(=O)N2CCOCC2)c2cc3c4c([nH]c3cc21)-c1nn(COCC[Si](C)(C)C)cc1CCC4. The number of hydrogen-bond donors (Lipinski definition) is 1. The van der Waals surface area contributed by atoms with Crippen molar-refractivity contribution in [1.82, 2.24) is 19.7 Å². The lowest BCUT2D eigenvalue weighted by molar-refractivity contribution is -0.135. The van der Waals surface area contributed by atoms with E-state index in [2.05, 4.69) is 56.8 Å². The number of rotatable bonds is 11. The van der Waals surface area contributed by atoms with E-state index in [-0.39, 0.29) is 18.4 Å². The van der Waals surface area contributed by atoms with Crippen LogP contribution in [0.2, 0.25) is 25.7 Å². The zero-order valence-corrected chi connectivity index (χ0v) is 28.3. The molecule has 3 aliphatic rings. The lowest BCUT2D eigenvalue weighted by Crippen LogP contribution is -2.48. The highest BCUT2D eigenvalue weighted by molar-refractivity contribution is 6.76. The minimum atomic E-state index is -1.14. The van der Waals surface area contributed by atoms with Gasteiger partial charge >= 0.3 is 0 Å². The van der Waals surface area contributed by atoms with Crippen molar-refractivity contribution in [2.75, 3.05) is 44.4 Å². The summed E-state index contributed by atoms with van der Waals surface area (Å²) in [6, 6.07) is 5.55. The van der Waals surface area contributed by atoms with Gasteiger partial charge in [0.15, 0.2) is 0 Å². The first-order valence-corrected chi connectivity index (χ1v) is 20.4. The van der Waals surface area contributed by atoms with Gasteiger partial charge in [-0.25, -0.2) is 4.68 Å². The van der Waals surface area contributed by atoms with Gasteiger partial charge in [-0.3, -0.25) is 9.59 Å². The number of aromatic nitrogens is 3. The maximum Gasteiger partial charge on any atom is 0.242 e. The number of nitrogens with zero attached hydrogens (tertiary/aromatic N) is 4. The third kappa shape index (κ3) is 5.76. The Kier molecular flexibility index (Phi) is 8.78. The molecule has 1 aliphatic carbocycles. The first kappa shape index (κ1) is 31.0. The second kappa shape index (κ2) is 12.4. The molecule has 0 radical (unpaired) electrons. The Morgan fingerprint density at radius 2 is 1.86 bits per heavy atom. The molecule has 9 nitrogen and oxygen atoms in total. The molecular weight excluding hydrogens is 570 g/mol. The molecule has 2 aliphatic heterocycles. The molecule has 0 saturated carbocycles. The maximum atomic E-state index is 14.4. The predicted molar refractivity (Wildman–Crippen MR) is 177 cm³/mol. The number of hydrogen-bond acceptors (Lipinski definition) is 5. The lowest BCUT2D eigenvalue weighted by Gasteiger charge is -2.30. The molecule has 238 valence electrons. The summed E-state index contributed by atoms with van der Waals surface area (Å²) >= 11 is 0. The molecule has 1 N–H and O–H groups in total. The predicted octanol–water partition coefficient (Wildman–Crippen LogP) is 5.88. The van der Waals surface area contributed by atoms with E-state index < -0.39 is 13.5 Å². The van der Waals surface area contributed by atoms with Gasteiger partial charge < -0.3 is 24.3 Å². The van der Waals surface area contributed by atoms with Gasteiger partial charge in [0.2, 0.25) is 11.8 Å². The fraction of sp³-hybridized carbons (Fsp3) is 0.618. The largest absolute Gasteiger partial charge is 0.378 e. The van der Waals surface area contributed by atoms with Crippen LogP contribution in [0.5, 0.6) is 0 Å². The summed E-state index contributed by atoms with van der Waals surface area (Å²) in [7, 11) is -1.14. The van der Waals surface area contributed by atoms with E-state index in [1.54, 1.807) is 4.90 Å². The van der Waals surface area contributed by atoms with Crippen LogP contribution in [0.1, 0.15) is 62.6 Å². The van der Waals surface area contributed by atoms with Crippen molar-refractivity contribution in [3.63, 3.8) is 0 Å². The number of anilines is 1. The number of H-pyrrole nitrogens is 1. The number of aryl methyl sites for hydroxylation is 2. The standard InChI is InChI=1S/C34H49N5O4Si/c1-6-11-34(12-7-2)27-20-28-26(19-29(27)39(33(34)41)22-30(40)37-13-15-42-16-14-37)25-10-8-9-24-21-38(36-31(24)32(25)35-28)23-43-17-18-44(3,4)5/h19-21,35H,6-18,22-23H2,1-5H3. The van der Waals surface area contributed by atoms with E-state index in [0.717, 1.165) is 91.1 Å². The highest BCUT2D eigenvalue weighted by atomic mass is 28.3. The summed E-state index contributed by atoms with van der Waals surface area (Å²) in [5, 5.41) is 6.15. The summed E-state index contributed by atoms with van der Waals surface area (Å²) < 4.78 is 13.4. The summed E-state index contributed by atoms with van der Waals surface area (Å²) in [5.74, 6) is 0.0679. The zero-order valence-electron chi connectivity index (χ0n) is 27.3. The van der Waals surface area contributed by atoms with Gasteiger partial charge in [-0.15, -0.1) is 0 Å². The molecule has 6 rings (SSSR count). The van der Waals surface area contributed by atoms with Gasteiger partial charge in [0.25, 0.3) is 0 Å². The molecule has 1 aromatic carbocycles. The monoisotopic (exact) mass is 619 g/mol. The number of ether oxygens (including phenoxy) is 2. The van der Waals surface area contributed by atoms with Gasteiger partial charge in [-0.2, -0.15) is 5.10 Å². The second-order valence-electron chi connectivity index (χ2n) is 14.1. The average Bonchev–Trinajstić information content (AvgIpc) is 3.59. The van der Waals surface area contributed by atoms with Gasteiger partial charge in [0.05, 0.1) is 24.3 Å². The van der Waals surface area contributed by atoms with Crippen molar-refractivity contribution in [3.05, 3.63) is 35.0 Å². The minimum absolute atomic E-state index is 0.00774. The van der Waals surface area contributed by atoms with Crippen molar-refractivity contribution in [2.45, 2.75) is 96.6 Å². The molecule has 4 heterocycles. The normalized spacial score (nSPS) is 18.0. The van der Waals surface area contributed by atoms with Crippen LogP contribution in [-0.2, 0) is 44.1 Å². The fourth-order valence-corrected chi connectivity index (χ4v) is 8.18. The molecule has 10 heteroatoms. The molecule has 44 heavy (non-hydrogen) atoms. The smallest absolute Gasteiger partial charge is 0.242 e. The van der Waals surface area contributed by atoms with Crippen molar-refractivity contribution >= 4 is 36.5 Å². The first-order valence-electron chi connectivity index (χ1n) is 16.7. The summed E-state index contributed by atoms with van der Waals surface area (Å²) in [5.41, 5.74) is 6.99. The molecule has 0 atom stereocenters. The van der Waals surface area contributed by atoms with Gasteiger partial charge in [-0.05, 0) is 67.0 Å². The molecule has 1 fully saturated rings. The number of nitrogens with one attached hydrogen (secondary N) is 1. The average molecular weight is 620 g/mol. The van der Waals surface area contributed by atoms with Crippen LogP contribution in [0, 0.1) is 0 Å². The third-order valence-corrected chi connectivity index (χ3v) is 11.4. The number of aromatic amines is 1. The number of morpholine rings is 1. The zero-order chi connectivity index (χ0) is 31.1. The number of fused-ring (bicyclic) bond motifs is 6. The van der Waals surface area contributed by atoms with Crippen LogP contribution in [0.4, 0.5) is 5.69 Å². The molecule has 2 aromatic heterocycles. The van der Waals surface area contributed by atoms with Gasteiger partial charge in [0, 0.05) is 50.6 Å². The third-order valence-electron chi connectivity index (χ3n) is 9.66. The lowest BCUT2D eigenvalue weighted by atomic mass is 9.74. The second-order valence-corrected chi connectivity index (χ2v) is 19.7. The van der Waals surface area contributed by atoms with Crippen LogP contribution in [0.3, 0.4) is 0 Å². The van der Waals surface area contributed by atoms with Crippen LogP contribution < -0.4 is 4.90 Å². The van der Waals surface area contributed by atoms with E-state index in [0.29, 0.717) is 33.0 Å². The Morgan fingerprint density at radius 1 is 1.11 bits per heavy atom. The van der Waals surface area contributed by atoms with Crippen LogP contribution >= 0.6 is 0 Å². The van der Waals surface area contributed by atoms with E-state index in [9.17, 15) is 9.59 Å². The quantitative estimate of drug-likeness (QED) is 0.214. The number of carbonyl (C=O) groups excluding carboxylic acids is 2. The maximum absolute atomic E-state index is 14.4. The molecule has 1 saturated heterocycles. The Hall–Kier alpha value is -2.95. The number of benzene rings is 1. The summed E-state index contributed by atoms with van der Waals surface area (Å²) in [6.07, 6.45) is 8.42.